The molecule has 0 saturated carbocycles. The van der Waals surface area contributed by atoms with Crippen LogP contribution in [0.2, 0.25) is 0 Å². The summed E-state index contributed by atoms with van der Waals surface area (Å²) in [5.74, 6) is 6.92. The van der Waals surface area contributed by atoms with E-state index < -0.39 is 0 Å². The fourth-order valence-electron chi connectivity index (χ4n) is 2.26. The van der Waals surface area contributed by atoms with Gasteiger partial charge >= 0.3 is 0 Å². The molecule has 3 nitrogen and oxygen atoms in total. The zero-order valence-electron chi connectivity index (χ0n) is 12.0. The molecule has 2 aromatic rings. The molecular formula is C16H21N3. The molecule has 0 spiro atoms. The van der Waals surface area contributed by atoms with Crippen molar-refractivity contribution in [2.24, 2.45) is 0 Å². The lowest BCUT2D eigenvalue weighted by Gasteiger charge is -2.02. The molecule has 2 N–H and O–H groups in total. The van der Waals surface area contributed by atoms with Crippen molar-refractivity contribution in [3.8, 4) is 11.8 Å². The summed E-state index contributed by atoms with van der Waals surface area (Å²) >= 11 is 0. The fourth-order valence-corrected chi connectivity index (χ4v) is 2.26. The van der Waals surface area contributed by atoms with E-state index in [0.29, 0.717) is 11.5 Å². The first-order valence-electron chi connectivity index (χ1n) is 6.87. The van der Waals surface area contributed by atoms with Gasteiger partial charge in [-0.1, -0.05) is 25.7 Å². The van der Waals surface area contributed by atoms with E-state index in [1.165, 1.54) is 18.4 Å². The number of fused-ring (bicyclic) bond motifs is 1. The SMILES string of the molecule is CCCCCC#Cc1nc2cc(C)cc(C)n2c1N. The van der Waals surface area contributed by atoms with Crippen LogP contribution in [0.4, 0.5) is 5.82 Å². The molecule has 2 aromatic heterocycles. The van der Waals surface area contributed by atoms with Crippen molar-refractivity contribution in [2.45, 2.75) is 46.5 Å². The van der Waals surface area contributed by atoms with Crippen LogP contribution in [0.25, 0.3) is 5.65 Å². The Kier molecular flexibility index (Phi) is 4.11. The zero-order chi connectivity index (χ0) is 13.8. The third kappa shape index (κ3) is 2.90. The number of aryl methyl sites for hydroxylation is 2. The Bertz CT molecular complexity index is 641. The number of hydrogen-bond acceptors (Lipinski definition) is 2. The Labute approximate surface area is 114 Å². The van der Waals surface area contributed by atoms with E-state index in [0.717, 1.165) is 24.2 Å². The zero-order valence-corrected chi connectivity index (χ0v) is 12.0. The van der Waals surface area contributed by atoms with Crippen molar-refractivity contribution in [3.05, 3.63) is 29.1 Å². The normalized spacial score (nSPS) is 10.5. The van der Waals surface area contributed by atoms with E-state index in [1.807, 2.05) is 17.4 Å². The van der Waals surface area contributed by atoms with Crippen LogP contribution in [0.3, 0.4) is 0 Å². The standard InChI is InChI=1S/C16H21N3/c1-4-5-6-7-8-9-14-16(17)19-13(3)10-12(2)11-15(19)18-14/h10-11H,4-7,17H2,1-3H3. The molecule has 0 radical (unpaired) electrons. The second kappa shape index (κ2) is 5.79. The highest BCUT2D eigenvalue weighted by Crippen LogP contribution is 2.18. The molecule has 0 atom stereocenters. The minimum atomic E-state index is 0.649. The molecule has 3 heteroatoms. The highest BCUT2D eigenvalue weighted by Gasteiger charge is 2.09. The summed E-state index contributed by atoms with van der Waals surface area (Å²) in [6.45, 7) is 6.29. The fraction of sp³-hybridized carbons (Fsp3) is 0.438. The Morgan fingerprint density at radius 1 is 1.26 bits per heavy atom. The second-order valence-corrected chi connectivity index (χ2v) is 4.97. The van der Waals surface area contributed by atoms with Crippen LogP contribution in [-0.2, 0) is 0 Å². The summed E-state index contributed by atoms with van der Waals surface area (Å²) in [5, 5.41) is 0. The number of nitrogens with zero attached hydrogens (tertiary/aromatic N) is 2. The van der Waals surface area contributed by atoms with Crippen molar-refractivity contribution in [3.63, 3.8) is 0 Å². The third-order valence-corrected chi connectivity index (χ3v) is 3.20. The molecule has 0 unspecified atom stereocenters. The number of imidazole rings is 1. The average Bonchev–Trinajstić information content (AvgIpc) is 2.66. The molecule has 0 amide bonds. The molecule has 0 fully saturated rings. The van der Waals surface area contributed by atoms with Gasteiger partial charge in [-0.2, -0.15) is 0 Å². The van der Waals surface area contributed by atoms with Crippen LogP contribution < -0.4 is 5.73 Å². The van der Waals surface area contributed by atoms with Gasteiger partial charge in [0.15, 0.2) is 5.69 Å². The van der Waals surface area contributed by atoms with Gasteiger partial charge in [0.05, 0.1) is 0 Å². The second-order valence-electron chi connectivity index (χ2n) is 4.97. The van der Waals surface area contributed by atoms with Gasteiger partial charge in [-0.3, -0.25) is 4.40 Å². The van der Waals surface area contributed by atoms with Crippen molar-refractivity contribution < 1.29 is 0 Å². The minimum Gasteiger partial charge on any atom is -0.382 e. The summed E-state index contributed by atoms with van der Waals surface area (Å²) in [7, 11) is 0. The largest absolute Gasteiger partial charge is 0.382 e. The van der Waals surface area contributed by atoms with Gasteiger partial charge in [0.2, 0.25) is 0 Å². The van der Waals surface area contributed by atoms with Crippen molar-refractivity contribution in [2.75, 3.05) is 5.73 Å². The lowest BCUT2D eigenvalue weighted by atomic mass is 10.2. The molecule has 0 aromatic carbocycles. The maximum absolute atomic E-state index is 6.13. The van der Waals surface area contributed by atoms with Crippen LogP contribution >= 0.6 is 0 Å². The number of hydrogen-bond donors (Lipinski definition) is 1. The molecule has 0 aliphatic carbocycles. The Morgan fingerprint density at radius 2 is 2.05 bits per heavy atom. The smallest absolute Gasteiger partial charge is 0.156 e. The van der Waals surface area contributed by atoms with E-state index in [9.17, 15) is 0 Å². The van der Waals surface area contributed by atoms with Crippen LogP contribution in [-0.4, -0.2) is 9.38 Å². The number of anilines is 1. The Balaban J connectivity index is 2.30. The average molecular weight is 255 g/mol. The predicted octanol–water partition coefficient (Wildman–Crippen LogP) is 3.47. The molecule has 2 rings (SSSR count). The maximum atomic E-state index is 6.13. The van der Waals surface area contributed by atoms with Crippen molar-refractivity contribution in [1.29, 1.82) is 0 Å². The monoisotopic (exact) mass is 255 g/mol. The lowest BCUT2D eigenvalue weighted by Crippen LogP contribution is -1.98. The lowest BCUT2D eigenvalue weighted by molar-refractivity contribution is 0.737. The van der Waals surface area contributed by atoms with E-state index in [2.05, 4.69) is 36.7 Å². The van der Waals surface area contributed by atoms with E-state index in [4.69, 9.17) is 5.73 Å². The van der Waals surface area contributed by atoms with Crippen LogP contribution in [0, 0.1) is 25.7 Å². The van der Waals surface area contributed by atoms with Gasteiger partial charge in [-0.05, 0) is 43.9 Å². The quantitative estimate of drug-likeness (QED) is 0.674. The number of nitrogen functional groups attached to an aromatic ring is 1. The minimum absolute atomic E-state index is 0.649. The first-order valence-corrected chi connectivity index (χ1v) is 6.87. The number of unbranched alkanes of at least 4 members (excludes halogenated alkanes) is 3. The molecule has 19 heavy (non-hydrogen) atoms. The van der Waals surface area contributed by atoms with Crippen molar-refractivity contribution >= 4 is 11.5 Å². The summed E-state index contributed by atoms with van der Waals surface area (Å²) in [6.07, 6.45) is 4.51. The van der Waals surface area contributed by atoms with Crippen LogP contribution in [0.1, 0.15) is 49.6 Å². The summed E-state index contributed by atoms with van der Waals surface area (Å²) < 4.78 is 1.96. The Hall–Kier alpha value is -1.95. The molecular weight excluding hydrogens is 234 g/mol. The van der Waals surface area contributed by atoms with Gasteiger partial charge in [0, 0.05) is 12.1 Å². The van der Waals surface area contributed by atoms with Gasteiger partial charge in [-0.25, -0.2) is 4.98 Å². The molecule has 100 valence electrons. The van der Waals surface area contributed by atoms with Gasteiger partial charge in [0.1, 0.15) is 11.5 Å². The van der Waals surface area contributed by atoms with Crippen molar-refractivity contribution in [1.82, 2.24) is 9.38 Å². The first-order chi connectivity index (χ1) is 9.13. The van der Waals surface area contributed by atoms with Crippen LogP contribution in [0.15, 0.2) is 12.1 Å². The first kappa shape index (κ1) is 13.5. The predicted molar refractivity (Wildman–Crippen MR) is 80.1 cm³/mol. The topological polar surface area (TPSA) is 43.3 Å². The highest BCUT2D eigenvalue weighted by atomic mass is 15.1. The number of nitrogens with two attached hydrogens (primary N) is 1. The van der Waals surface area contributed by atoms with E-state index >= 15 is 0 Å². The molecule has 0 bridgehead atoms. The van der Waals surface area contributed by atoms with E-state index in [1.54, 1.807) is 0 Å². The summed E-state index contributed by atoms with van der Waals surface area (Å²) in [4.78, 5) is 4.52. The van der Waals surface area contributed by atoms with Gasteiger partial charge in [-0.15, -0.1) is 0 Å². The van der Waals surface area contributed by atoms with Gasteiger partial charge < -0.3 is 5.73 Å². The molecule has 0 aliphatic heterocycles. The van der Waals surface area contributed by atoms with E-state index in [-0.39, 0.29) is 0 Å². The Morgan fingerprint density at radius 3 is 2.79 bits per heavy atom. The molecule has 2 heterocycles. The van der Waals surface area contributed by atoms with Crippen LogP contribution in [0.5, 0.6) is 0 Å². The summed E-state index contributed by atoms with van der Waals surface area (Å²) in [6, 6.07) is 4.13. The molecule has 0 saturated heterocycles. The number of pyridine rings is 1. The highest BCUT2D eigenvalue weighted by molar-refractivity contribution is 5.60. The molecule has 0 aliphatic rings. The number of rotatable bonds is 3. The number of aromatic nitrogens is 2. The van der Waals surface area contributed by atoms with Gasteiger partial charge in [0.25, 0.3) is 0 Å². The maximum Gasteiger partial charge on any atom is 0.156 e. The third-order valence-electron chi connectivity index (χ3n) is 3.20. The summed E-state index contributed by atoms with van der Waals surface area (Å²) in [5.41, 5.74) is 10.00.